The van der Waals surface area contributed by atoms with Crippen LogP contribution in [0, 0.1) is 0 Å². The number of aromatic hydroxyl groups is 1. The van der Waals surface area contributed by atoms with E-state index in [1.54, 1.807) is 48.6 Å². The monoisotopic (exact) mass is 282 g/mol. The van der Waals surface area contributed by atoms with E-state index in [-0.39, 0.29) is 16.9 Å². The summed E-state index contributed by atoms with van der Waals surface area (Å²) in [5.74, 6) is -1.08. The van der Waals surface area contributed by atoms with Gasteiger partial charge in [-0.25, -0.2) is 0 Å². The molecule has 0 atom stereocenters. The average Bonchev–Trinajstić information content (AvgIpc) is 2.46. The fraction of sp³-hybridized carbons (Fsp3) is 0. The highest BCUT2D eigenvalue weighted by Gasteiger charge is 2.07. The molecule has 0 aliphatic rings. The first-order chi connectivity index (χ1) is 9.95. The first-order valence-electron chi connectivity index (χ1n) is 6.17. The van der Waals surface area contributed by atoms with Crippen LogP contribution in [0.5, 0.6) is 5.75 Å². The number of nitrogens with two attached hydrogens (primary N) is 2. The zero-order valence-electron chi connectivity index (χ0n) is 11.1. The van der Waals surface area contributed by atoms with Crippen LogP contribution in [0.15, 0.2) is 42.5 Å². The van der Waals surface area contributed by atoms with Gasteiger partial charge in [0.1, 0.15) is 5.75 Å². The second kappa shape index (κ2) is 5.92. The Morgan fingerprint density at radius 2 is 1.29 bits per heavy atom. The van der Waals surface area contributed by atoms with Crippen molar-refractivity contribution in [2.75, 3.05) is 0 Å². The number of benzene rings is 2. The Labute approximate surface area is 121 Å². The summed E-state index contributed by atoms with van der Waals surface area (Å²) in [6.07, 6.45) is 3.51. The number of primary amides is 2. The van der Waals surface area contributed by atoms with Gasteiger partial charge in [-0.05, 0) is 41.5 Å². The third-order valence-electron chi connectivity index (χ3n) is 2.89. The van der Waals surface area contributed by atoms with Gasteiger partial charge in [-0.1, -0.05) is 24.3 Å². The minimum Gasteiger partial charge on any atom is -0.508 e. The van der Waals surface area contributed by atoms with Gasteiger partial charge in [0.15, 0.2) is 0 Å². The molecule has 0 radical (unpaired) electrons. The summed E-state index contributed by atoms with van der Waals surface area (Å²) in [6.45, 7) is 0. The molecule has 5 heteroatoms. The molecule has 0 saturated heterocycles. The SMILES string of the molecule is NC(=O)c1cc(/C=C/c2ccc(O)cc2)cc(C(N)=O)c1. The Kier molecular flexibility index (Phi) is 4.04. The molecule has 5 nitrogen and oxygen atoms in total. The van der Waals surface area contributed by atoms with Gasteiger partial charge in [-0.15, -0.1) is 0 Å². The van der Waals surface area contributed by atoms with Gasteiger partial charge >= 0.3 is 0 Å². The molecule has 2 rings (SSSR count). The van der Waals surface area contributed by atoms with Gasteiger partial charge in [0.05, 0.1) is 0 Å². The van der Waals surface area contributed by atoms with Crippen molar-refractivity contribution >= 4 is 24.0 Å². The lowest BCUT2D eigenvalue weighted by Crippen LogP contribution is -2.15. The highest BCUT2D eigenvalue weighted by Crippen LogP contribution is 2.15. The van der Waals surface area contributed by atoms with Crippen LogP contribution in [-0.4, -0.2) is 16.9 Å². The number of carbonyl (C=O) groups excluding carboxylic acids is 2. The second-order valence-corrected chi connectivity index (χ2v) is 4.50. The highest BCUT2D eigenvalue weighted by atomic mass is 16.3. The van der Waals surface area contributed by atoms with Crippen LogP contribution >= 0.6 is 0 Å². The van der Waals surface area contributed by atoms with E-state index in [0.29, 0.717) is 5.56 Å². The largest absolute Gasteiger partial charge is 0.508 e. The van der Waals surface area contributed by atoms with E-state index in [4.69, 9.17) is 11.5 Å². The van der Waals surface area contributed by atoms with E-state index < -0.39 is 11.8 Å². The predicted molar refractivity (Wildman–Crippen MR) is 80.5 cm³/mol. The van der Waals surface area contributed by atoms with E-state index in [1.165, 1.54) is 6.07 Å². The molecule has 0 bridgehead atoms. The van der Waals surface area contributed by atoms with E-state index >= 15 is 0 Å². The lowest BCUT2D eigenvalue weighted by atomic mass is 10.0. The first-order valence-corrected chi connectivity index (χ1v) is 6.17. The first kappa shape index (κ1) is 14.3. The van der Waals surface area contributed by atoms with Gasteiger partial charge < -0.3 is 16.6 Å². The van der Waals surface area contributed by atoms with Crippen molar-refractivity contribution in [3.05, 3.63) is 64.7 Å². The topological polar surface area (TPSA) is 106 Å². The normalized spacial score (nSPS) is 10.7. The average molecular weight is 282 g/mol. The standard InChI is InChI=1S/C16H14N2O3/c17-15(20)12-7-11(8-13(9-12)16(18)21)2-1-10-3-5-14(19)6-4-10/h1-9,19H,(H2,17,20)(H2,18,21)/b2-1+. The molecular formula is C16H14N2O3. The maximum Gasteiger partial charge on any atom is 0.248 e. The van der Waals surface area contributed by atoms with Crippen molar-refractivity contribution in [1.82, 2.24) is 0 Å². The van der Waals surface area contributed by atoms with Crippen molar-refractivity contribution in [2.45, 2.75) is 0 Å². The van der Waals surface area contributed by atoms with E-state index in [1.807, 2.05) is 0 Å². The molecule has 0 aromatic heterocycles. The number of amides is 2. The van der Waals surface area contributed by atoms with Crippen LogP contribution in [0.3, 0.4) is 0 Å². The van der Waals surface area contributed by atoms with Crippen LogP contribution in [0.1, 0.15) is 31.8 Å². The fourth-order valence-corrected chi connectivity index (χ4v) is 1.81. The molecule has 2 aromatic carbocycles. The maximum absolute atomic E-state index is 11.3. The van der Waals surface area contributed by atoms with Crippen molar-refractivity contribution in [3.8, 4) is 5.75 Å². The summed E-state index contributed by atoms with van der Waals surface area (Å²) in [4.78, 5) is 22.5. The minimum absolute atomic E-state index is 0.180. The lowest BCUT2D eigenvalue weighted by Gasteiger charge is -2.03. The summed E-state index contributed by atoms with van der Waals surface area (Å²) >= 11 is 0. The zero-order valence-corrected chi connectivity index (χ0v) is 11.1. The molecule has 0 spiro atoms. The number of hydrogen-bond acceptors (Lipinski definition) is 3. The second-order valence-electron chi connectivity index (χ2n) is 4.50. The van der Waals surface area contributed by atoms with Crippen LogP contribution in [0.2, 0.25) is 0 Å². The smallest absolute Gasteiger partial charge is 0.248 e. The number of hydrogen-bond donors (Lipinski definition) is 3. The predicted octanol–water partition coefficient (Wildman–Crippen LogP) is 1.76. The van der Waals surface area contributed by atoms with Gasteiger partial charge in [-0.3, -0.25) is 9.59 Å². The molecule has 0 aliphatic heterocycles. The Bertz CT molecular complexity index is 687. The molecule has 0 fully saturated rings. The number of phenols is 1. The Hall–Kier alpha value is -3.08. The Balaban J connectivity index is 2.36. The molecule has 0 heterocycles. The summed E-state index contributed by atoms with van der Waals surface area (Å²) in [5, 5.41) is 9.21. The maximum atomic E-state index is 11.3. The Morgan fingerprint density at radius 1 is 0.810 bits per heavy atom. The van der Waals surface area contributed by atoms with Gasteiger partial charge in [0, 0.05) is 11.1 Å². The molecular weight excluding hydrogens is 268 g/mol. The van der Waals surface area contributed by atoms with Gasteiger partial charge in [0.25, 0.3) is 0 Å². The van der Waals surface area contributed by atoms with Crippen molar-refractivity contribution < 1.29 is 14.7 Å². The van der Waals surface area contributed by atoms with Gasteiger partial charge in [0.2, 0.25) is 11.8 Å². The van der Waals surface area contributed by atoms with Crippen molar-refractivity contribution in [3.63, 3.8) is 0 Å². The molecule has 5 N–H and O–H groups in total. The summed E-state index contributed by atoms with van der Waals surface area (Å²) < 4.78 is 0. The summed E-state index contributed by atoms with van der Waals surface area (Å²) in [7, 11) is 0. The van der Waals surface area contributed by atoms with Gasteiger partial charge in [-0.2, -0.15) is 0 Å². The third-order valence-corrected chi connectivity index (χ3v) is 2.89. The highest BCUT2D eigenvalue weighted by molar-refractivity contribution is 5.99. The minimum atomic E-state index is -0.627. The number of rotatable bonds is 4. The quantitative estimate of drug-likeness (QED) is 0.744. The molecule has 2 amide bonds. The molecule has 0 aliphatic carbocycles. The molecule has 0 unspecified atom stereocenters. The fourth-order valence-electron chi connectivity index (χ4n) is 1.81. The van der Waals surface area contributed by atoms with Crippen molar-refractivity contribution in [2.24, 2.45) is 11.5 Å². The van der Waals surface area contributed by atoms with E-state index in [9.17, 15) is 14.7 Å². The molecule has 106 valence electrons. The summed E-state index contributed by atoms with van der Waals surface area (Å²) in [6, 6.07) is 11.1. The molecule has 2 aromatic rings. The number of carbonyl (C=O) groups is 2. The van der Waals surface area contributed by atoms with Crippen LogP contribution < -0.4 is 11.5 Å². The molecule has 21 heavy (non-hydrogen) atoms. The van der Waals surface area contributed by atoms with Crippen LogP contribution in [0.25, 0.3) is 12.2 Å². The molecule has 0 saturated carbocycles. The lowest BCUT2D eigenvalue weighted by molar-refractivity contribution is 0.0999. The van der Waals surface area contributed by atoms with Crippen LogP contribution in [0.4, 0.5) is 0 Å². The van der Waals surface area contributed by atoms with E-state index in [0.717, 1.165) is 5.56 Å². The van der Waals surface area contributed by atoms with Crippen molar-refractivity contribution in [1.29, 1.82) is 0 Å². The zero-order chi connectivity index (χ0) is 15.4. The third kappa shape index (κ3) is 3.70. The van der Waals surface area contributed by atoms with E-state index in [2.05, 4.69) is 0 Å². The number of phenolic OH excluding ortho intramolecular Hbond substituents is 1. The van der Waals surface area contributed by atoms with Crippen LogP contribution in [-0.2, 0) is 0 Å². The summed E-state index contributed by atoms with van der Waals surface area (Å²) in [5.41, 5.74) is 12.4. The Morgan fingerprint density at radius 3 is 1.76 bits per heavy atom.